The van der Waals surface area contributed by atoms with Crippen LogP contribution in [0.3, 0.4) is 0 Å². The Morgan fingerprint density at radius 3 is 2.81 bits per heavy atom. The number of halogens is 1. The van der Waals surface area contributed by atoms with Crippen molar-refractivity contribution in [2.24, 2.45) is 0 Å². The molecule has 21 heavy (non-hydrogen) atoms. The smallest absolute Gasteiger partial charge is 0.336 e. The number of hydrogen-bond donors (Lipinski definition) is 2. The van der Waals surface area contributed by atoms with Crippen LogP contribution >= 0.6 is 15.9 Å². The first-order valence-electron chi connectivity index (χ1n) is 6.48. The van der Waals surface area contributed by atoms with Gasteiger partial charge in [-0.2, -0.15) is 0 Å². The molecule has 1 aromatic carbocycles. The van der Waals surface area contributed by atoms with E-state index in [0.29, 0.717) is 11.1 Å². The highest BCUT2D eigenvalue weighted by molar-refractivity contribution is 9.10. The fraction of sp³-hybridized carbons (Fsp3) is 0.462. The van der Waals surface area contributed by atoms with Crippen LogP contribution in [0.5, 0.6) is 0 Å². The Labute approximate surface area is 131 Å². The highest BCUT2D eigenvalue weighted by Crippen LogP contribution is 2.22. The molecule has 2 unspecified atom stereocenters. The maximum atomic E-state index is 12.3. The van der Waals surface area contributed by atoms with Crippen molar-refractivity contribution in [3.63, 3.8) is 0 Å². The van der Waals surface area contributed by atoms with E-state index in [2.05, 4.69) is 20.7 Å². The molecule has 8 heteroatoms. The average Bonchev–Trinajstić information content (AvgIpc) is 2.92. The maximum absolute atomic E-state index is 12.3. The van der Waals surface area contributed by atoms with Gasteiger partial charge in [-0.05, 0) is 53.9 Å². The summed E-state index contributed by atoms with van der Waals surface area (Å²) in [5, 5.41) is 9.05. The van der Waals surface area contributed by atoms with Crippen LogP contribution in [0.2, 0.25) is 0 Å². The molecule has 1 saturated heterocycles. The number of carboxylic acid groups (broad SMARTS) is 1. The molecule has 1 aliphatic rings. The van der Waals surface area contributed by atoms with E-state index < -0.39 is 16.0 Å². The number of sulfonamides is 1. The van der Waals surface area contributed by atoms with Crippen LogP contribution in [0.15, 0.2) is 27.6 Å². The zero-order valence-electron chi connectivity index (χ0n) is 11.4. The predicted octanol–water partition coefficient (Wildman–Crippen LogP) is 1.99. The monoisotopic (exact) mass is 377 g/mol. The van der Waals surface area contributed by atoms with Crippen LogP contribution in [-0.2, 0) is 14.8 Å². The molecule has 1 heterocycles. The molecule has 0 aromatic heterocycles. The lowest BCUT2D eigenvalue weighted by Crippen LogP contribution is -2.40. The van der Waals surface area contributed by atoms with E-state index in [9.17, 15) is 13.2 Å². The third kappa shape index (κ3) is 3.82. The molecule has 1 fully saturated rings. The van der Waals surface area contributed by atoms with Crippen molar-refractivity contribution in [2.45, 2.75) is 36.8 Å². The molecule has 6 nitrogen and oxygen atoms in total. The topological polar surface area (TPSA) is 92.7 Å². The first-order valence-corrected chi connectivity index (χ1v) is 8.75. The summed E-state index contributed by atoms with van der Waals surface area (Å²) >= 11 is 3.09. The van der Waals surface area contributed by atoms with Crippen molar-refractivity contribution in [2.75, 3.05) is 6.61 Å². The summed E-state index contributed by atoms with van der Waals surface area (Å²) in [7, 11) is -3.78. The molecule has 2 atom stereocenters. The molecule has 2 rings (SSSR count). The number of aromatic carboxylic acids is 1. The largest absolute Gasteiger partial charge is 0.478 e. The van der Waals surface area contributed by atoms with Crippen LogP contribution < -0.4 is 4.72 Å². The van der Waals surface area contributed by atoms with Crippen molar-refractivity contribution in [1.82, 2.24) is 4.72 Å². The summed E-state index contributed by atoms with van der Waals surface area (Å²) in [5.74, 6) is -1.19. The van der Waals surface area contributed by atoms with E-state index in [0.717, 1.165) is 18.9 Å². The predicted molar refractivity (Wildman–Crippen MR) is 79.9 cm³/mol. The standard InChI is InChI=1S/C13H16BrNO5S/c1-8(12-3-2-6-20-12)15-21(18,19)9-4-5-11(14)10(7-9)13(16)17/h4-5,7-8,12,15H,2-3,6H2,1H3,(H,16,17). The minimum Gasteiger partial charge on any atom is -0.478 e. The Kier molecular flexibility index (Phi) is 5.03. The van der Waals surface area contributed by atoms with Crippen LogP contribution in [0.1, 0.15) is 30.1 Å². The molecule has 0 amide bonds. The van der Waals surface area contributed by atoms with Crippen molar-refractivity contribution >= 4 is 31.9 Å². The van der Waals surface area contributed by atoms with E-state index in [4.69, 9.17) is 9.84 Å². The van der Waals surface area contributed by atoms with Crippen molar-refractivity contribution in [3.8, 4) is 0 Å². The van der Waals surface area contributed by atoms with Gasteiger partial charge in [-0.1, -0.05) is 0 Å². The fourth-order valence-electron chi connectivity index (χ4n) is 2.22. The summed E-state index contributed by atoms with van der Waals surface area (Å²) in [5.41, 5.74) is -0.0948. The zero-order chi connectivity index (χ0) is 15.6. The molecule has 116 valence electrons. The molecule has 1 aliphatic heterocycles. The average molecular weight is 378 g/mol. The minimum atomic E-state index is -3.78. The molecule has 0 radical (unpaired) electrons. The van der Waals surface area contributed by atoms with Crippen LogP contribution in [0, 0.1) is 0 Å². The number of rotatable bonds is 5. The van der Waals surface area contributed by atoms with Gasteiger partial charge >= 0.3 is 5.97 Å². The molecule has 1 aromatic rings. The van der Waals surface area contributed by atoms with Crippen LogP contribution in [-0.4, -0.2) is 38.2 Å². The second kappa shape index (κ2) is 6.43. The lowest BCUT2D eigenvalue weighted by molar-refractivity contribution is 0.0695. The molecular weight excluding hydrogens is 362 g/mol. The van der Waals surface area contributed by atoms with Gasteiger partial charge in [0.15, 0.2) is 0 Å². The van der Waals surface area contributed by atoms with Gasteiger partial charge in [-0.25, -0.2) is 17.9 Å². The molecule has 0 saturated carbocycles. The second-order valence-corrected chi connectivity index (χ2v) is 7.48. The molecule has 0 aliphatic carbocycles. The third-order valence-electron chi connectivity index (χ3n) is 3.34. The lowest BCUT2D eigenvalue weighted by atomic mass is 10.1. The van der Waals surface area contributed by atoms with E-state index in [1.54, 1.807) is 6.92 Å². The van der Waals surface area contributed by atoms with Crippen molar-refractivity contribution < 1.29 is 23.1 Å². The molecule has 0 spiro atoms. The van der Waals surface area contributed by atoms with E-state index >= 15 is 0 Å². The Balaban J connectivity index is 2.23. The Morgan fingerprint density at radius 1 is 1.52 bits per heavy atom. The minimum absolute atomic E-state index is 0.0760. The van der Waals surface area contributed by atoms with Crippen LogP contribution in [0.4, 0.5) is 0 Å². The number of hydrogen-bond acceptors (Lipinski definition) is 4. The fourth-order valence-corrected chi connectivity index (χ4v) is 3.93. The number of nitrogens with one attached hydrogen (secondary N) is 1. The normalized spacial score (nSPS) is 20.4. The first-order chi connectivity index (χ1) is 9.81. The zero-order valence-corrected chi connectivity index (χ0v) is 13.8. The van der Waals surface area contributed by atoms with Crippen molar-refractivity contribution in [3.05, 3.63) is 28.2 Å². The quantitative estimate of drug-likeness (QED) is 0.818. The maximum Gasteiger partial charge on any atom is 0.336 e. The van der Waals surface area contributed by atoms with E-state index in [1.165, 1.54) is 12.1 Å². The molecule has 2 N–H and O–H groups in total. The SMILES string of the molecule is CC(NS(=O)(=O)c1ccc(Br)c(C(=O)O)c1)C1CCCO1. The number of benzene rings is 1. The van der Waals surface area contributed by atoms with Gasteiger partial charge in [0, 0.05) is 17.1 Å². The number of carbonyl (C=O) groups is 1. The van der Waals surface area contributed by atoms with Gasteiger partial charge in [0.05, 0.1) is 16.6 Å². The highest BCUT2D eigenvalue weighted by atomic mass is 79.9. The first kappa shape index (κ1) is 16.4. The lowest BCUT2D eigenvalue weighted by Gasteiger charge is -2.20. The van der Waals surface area contributed by atoms with Crippen molar-refractivity contribution in [1.29, 1.82) is 0 Å². The van der Waals surface area contributed by atoms with Gasteiger partial charge in [0.2, 0.25) is 10.0 Å². The van der Waals surface area contributed by atoms with Gasteiger partial charge in [-0.3, -0.25) is 0 Å². The summed E-state index contributed by atoms with van der Waals surface area (Å²) in [6.45, 7) is 2.38. The molecule has 0 bridgehead atoms. The highest BCUT2D eigenvalue weighted by Gasteiger charge is 2.27. The summed E-state index contributed by atoms with van der Waals surface area (Å²) in [4.78, 5) is 11.0. The Hall–Kier alpha value is -0.960. The summed E-state index contributed by atoms with van der Waals surface area (Å²) in [6.07, 6.45) is 1.58. The Bertz CT molecular complexity index is 640. The summed E-state index contributed by atoms with van der Waals surface area (Å²) in [6, 6.07) is 3.54. The Morgan fingerprint density at radius 2 is 2.24 bits per heavy atom. The number of ether oxygens (including phenoxy) is 1. The van der Waals surface area contributed by atoms with E-state index in [1.807, 2.05) is 0 Å². The third-order valence-corrected chi connectivity index (χ3v) is 5.59. The van der Waals surface area contributed by atoms with Gasteiger partial charge in [-0.15, -0.1) is 0 Å². The number of carboxylic acids is 1. The van der Waals surface area contributed by atoms with Gasteiger partial charge in [0.25, 0.3) is 0 Å². The van der Waals surface area contributed by atoms with Gasteiger partial charge < -0.3 is 9.84 Å². The molecular formula is C13H16BrNO5S. The summed E-state index contributed by atoms with van der Waals surface area (Å²) < 4.78 is 32.9. The van der Waals surface area contributed by atoms with Gasteiger partial charge in [0.1, 0.15) is 0 Å². The van der Waals surface area contributed by atoms with Crippen LogP contribution in [0.25, 0.3) is 0 Å². The van der Waals surface area contributed by atoms with E-state index in [-0.39, 0.29) is 22.6 Å². The second-order valence-electron chi connectivity index (χ2n) is 4.91.